The number of aromatic nitrogens is 2. The Labute approximate surface area is 183 Å². The normalized spacial score (nSPS) is 17.6. The molecule has 0 amide bonds. The minimum atomic E-state index is -4.45. The van der Waals surface area contributed by atoms with Crippen molar-refractivity contribution in [2.45, 2.75) is 32.0 Å². The molecule has 0 radical (unpaired) electrons. The van der Waals surface area contributed by atoms with E-state index >= 15 is 0 Å². The van der Waals surface area contributed by atoms with Crippen molar-refractivity contribution in [1.29, 1.82) is 0 Å². The number of rotatable bonds is 4. The molecule has 2 N–H and O–H groups in total. The van der Waals surface area contributed by atoms with Gasteiger partial charge in [0.1, 0.15) is 10.8 Å². The molecule has 7 nitrogen and oxygen atoms in total. The molecule has 0 saturated carbocycles. The van der Waals surface area contributed by atoms with Crippen molar-refractivity contribution in [2.75, 3.05) is 41.3 Å². The van der Waals surface area contributed by atoms with E-state index in [0.717, 1.165) is 30.2 Å². The number of likely N-dealkylation sites (N-methyl/N-ethyl adjacent to an activating group) is 1. The Morgan fingerprint density at radius 3 is 2.61 bits per heavy atom. The van der Waals surface area contributed by atoms with E-state index in [2.05, 4.69) is 52.0 Å². The first kappa shape index (κ1) is 21.6. The van der Waals surface area contributed by atoms with Crippen molar-refractivity contribution in [2.24, 2.45) is 0 Å². The van der Waals surface area contributed by atoms with Gasteiger partial charge in [-0.15, -0.1) is 0 Å². The lowest BCUT2D eigenvalue weighted by Crippen LogP contribution is -2.37. The van der Waals surface area contributed by atoms with Gasteiger partial charge < -0.3 is 15.1 Å². The molecule has 0 bridgehead atoms. The first-order valence-electron chi connectivity index (χ1n) is 9.63. The molecule has 2 aromatic heterocycles. The zero-order valence-corrected chi connectivity index (χ0v) is 18.7. The van der Waals surface area contributed by atoms with Gasteiger partial charge in [0.15, 0.2) is 5.82 Å². The SMILES string of the molecule is CN(C)c1cc(C(F)(F)F)cnc1NC1=CN(c2cc3c(cn2)N(C)C(C)(C)C3)NS1. The van der Waals surface area contributed by atoms with E-state index in [9.17, 15) is 13.2 Å². The van der Waals surface area contributed by atoms with Crippen LogP contribution in [0.2, 0.25) is 0 Å². The third-order valence-corrected chi connectivity index (χ3v) is 6.22. The minimum Gasteiger partial charge on any atom is -0.375 e. The molecule has 166 valence electrons. The van der Waals surface area contributed by atoms with E-state index in [1.165, 1.54) is 17.5 Å². The molecule has 11 heteroatoms. The number of hydrogen-bond acceptors (Lipinski definition) is 8. The van der Waals surface area contributed by atoms with E-state index in [-0.39, 0.29) is 5.54 Å². The number of nitrogens with zero attached hydrogens (tertiary/aromatic N) is 5. The van der Waals surface area contributed by atoms with Gasteiger partial charge in [-0.3, -0.25) is 5.01 Å². The summed E-state index contributed by atoms with van der Waals surface area (Å²) in [6, 6.07) is 3.14. The summed E-state index contributed by atoms with van der Waals surface area (Å²) in [6.45, 7) is 4.38. The van der Waals surface area contributed by atoms with Crippen LogP contribution >= 0.6 is 11.9 Å². The first-order valence-corrected chi connectivity index (χ1v) is 10.5. The third kappa shape index (κ3) is 4.11. The lowest BCUT2D eigenvalue weighted by molar-refractivity contribution is -0.137. The van der Waals surface area contributed by atoms with Crippen LogP contribution < -0.4 is 25.0 Å². The maximum absolute atomic E-state index is 13.1. The van der Waals surface area contributed by atoms with Crippen molar-refractivity contribution >= 4 is 35.0 Å². The summed E-state index contributed by atoms with van der Waals surface area (Å²) in [7, 11) is 5.42. The highest BCUT2D eigenvalue weighted by atomic mass is 32.2. The average molecular weight is 452 g/mol. The molecule has 2 aliphatic rings. The van der Waals surface area contributed by atoms with Gasteiger partial charge in [-0.05, 0) is 49.9 Å². The maximum Gasteiger partial charge on any atom is 0.417 e. The second-order valence-corrected chi connectivity index (χ2v) is 9.21. The summed E-state index contributed by atoms with van der Waals surface area (Å²) >= 11 is 1.30. The number of nitrogens with one attached hydrogen (secondary N) is 2. The molecule has 31 heavy (non-hydrogen) atoms. The van der Waals surface area contributed by atoms with Crippen molar-refractivity contribution in [3.63, 3.8) is 0 Å². The van der Waals surface area contributed by atoms with Crippen molar-refractivity contribution in [3.8, 4) is 0 Å². The lowest BCUT2D eigenvalue weighted by atomic mass is 10.00. The summed E-state index contributed by atoms with van der Waals surface area (Å²) in [5, 5.41) is 5.57. The summed E-state index contributed by atoms with van der Waals surface area (Å²) in [4.78, 5) is 15.5. The summed E-state index contributed by atoms with van der Waals surface area (Å²) in [6.07, 6.45) is 0.985. The van der Waals surface area contributed by atoms with Crippen LogP contribution in [-0.2, 0) is 12.6 Å². The summed E-state index contributed by atoms with van der Waals surface area (Å²) in [5.74, 6) is 1.08. The average Bonchev–Trinajstić information content (AvgIpc) is 3.23. The molecule has 4 heterocycles. The van der Waals surface area contributed by atoms with Crippen molar-refractivity contribution < 1.29 is 13.2 Å². The predicted molar refractivity (Wildman–Crippen MR) is 119 cm³/mol. The molecule has 0 fully saturated rings. The van der Waals surface area contributed by atoms with Crippen molar-refractivity contribution in [1.82, 2.24) is 14.8 Å². The van der Waals surface area contributed by atoms with Crippen LogP contribution in [0.3, 0.4) is 0 Å². The fraction of sp³-hybridized carbons (Fsp3) is 0.400. The molecule has 0 aliphatic carbocycles. The zero-order chi connectivity index (χ0) is 22.6. The Morgan fingerprint density at radius 2 is 1.94 bits per heavy atom. The molecule has 2 aliphatic heterocycles. The van der Waals surface area contributed by atoms with Crippen LogP contribution in [0, 0.1) is 0 Å². The first-order chi connectivity index (χ1) is 14.5. The van der Waals surface area contributed by atoms with Crippen molar-refractivity contribution in [3.05, 3.63) is 46.9 Å². The number of halogens is 3. The van der Waals surface area contributed by atoms with Gasteiger partial charge in [-0.2, -0.15) is 18.0 Å². The van der Waals surface area contributed by atoms with E-state index in [4.69, 9.17) is 0 Å². The van der Waals surface area contributed by atoms with E-state index in [0.29, 0.717) is 16.5 Å². The number of fused-ring (bicyclic) bond motifs is 1. The predicted octanol–water partition coefficient (Wildman–Crippen LogP) is 4.22. The Balaban J connectivity index is 1.55. The van der Waals surface area contributed by atoms with Gasteiger partial charge in [-0.1, -0.05) is 0 Å². The molecule has 0 saturated heterocycles. The topological polar surface area (TPSA) is 59.6 Å². The maximum atomic E-state index is 13.1. The highest BCUT2D eigenvalue weighted by Crippen LogP contribution is 2.39. The van der Waals surface area contributed by atoms with E-state index < -0.39 is 11.7 Å². The Hall–Kier alpha value is -2.66. The Bertz CT molecular complexity index is 1040. The molecular weight excluding hydrogens is 427 g/mol. The molecular formula is C20H24F3N7S. The molecule has 0 aromatic carbocycles. The number of pyridine rings is 2. The standard InChI is InChI=1S/C20H24F3N7S/c1-19(2)8-12-6-16(24-10-15(12)29(19)5)30-11-17(31-27-30)26-18-14(28(3)4)7-13(9-25-18)20(21,22)23/h6-7,9-11,27H,8H2,1-5H3,(H,25,26). The van der Waals surface area contributed by atoms with Gasteiger partial charge in [0.2, 0.25) is 0 Å². The van der Waals surface area contributed by atoms with Gasteiger partial charge >= 0.3 is 6.18 Å². The van der Waals surface area contributed by atoms with Crippen LogP contribution in [0.15, 0.2) is 35.8 Å². The fourth-order valence-electron chi connectivity index (χ4n) is 3.56. The highest BCUT2D eigenvalue weighted by molar-refractivity contribution is 8.01. The summed E-state index contributed by atoms with van der Waals surface area (Å²) in [5.41, 5.74) is 1.93. The molecule has 0 unspecified atom stereocenters. The number of anilines is 4. The van der Waals surface area contributed by atoms with E-state index in [1.807, 2.05) is 12.4 Å². The minimum absolute atomic E-state index is 0.0369. The second kappa shape index (κ2) is 7.49. The van der Waals surface area contributed by atoms with Crippen LogP contribution in [0.4, 0.5) is 36.2 Å². The molecule has 0 atom stereocenters. The van der Waals surface area contributed by atoms with E-state index in [1.54, 1.807) is 24.0 Å². The number of alkyl halides is 3. The lowest BCUT2D eigenvalue weighted by Gasteiger charge is -2.29. The van der Waals surface area contributed by atoms with Gasteiger partial charge in [0, 0.05) is 32.9 Å². The number of hydrogen-bond donors (Lipinski definition) is 2. The summed E-state index contributed by atoms with van der Waals surface area (Å²) < 4.78 is 39.2. The van der Waals surface area contributed by atoms with Gasteiger partial charge in [-0.25, -0.2) is 9.97 Å². The second-order valence-electron chi connectivity index (χ2n) is 8.39. The van der Waals surface area contributed by atoms with Crippen LogP contribution in [0.25, 0.3) is 0 Å². The van der Waals surface area contributed by atoms with Crippen LogP contribution in [0.5, 0.6) is 0 Å². The fourth-order valence-corrected chi connectivity index (χ4v) is 4.21. The molecule has 4 rings (SSSR count). The molecule has 2 aromatic rings. The smallest absolute Gasteiger partial charge is 0.375 e. The Morgan fingerprint density at radius 1 is 1.19 bits per heavy atom. The quantitative estimate of drug-likeness (QED) is 0.671. The zero-order valence-electron chi connectivity index (χ0n) is 17.9. The number of hydrazine groups is 1. The highest BCUT2D eigenvalue weighted by Gasteiger charge is 2.34. The third-order valence-electron chi connectivity index (χ3n) is 5.51. The van der Waals surface area contributed by atoms with Gasteiger partial charge in [0.25, 0.3) is 0 Å². The largest absolute Gasteiger partial charge is 0.417 e. The Kier molecular flexibility index (Phi) is 5.21. The van der Waals surface area contributed by atoms with Gasteiger partial charge in [0.05, 0.1) is 29.3 Å². The molecule has 0 spiro atoms. The van der Waals surface area contributed by atoms with Crippen LogP contribution in [-0.4, -0.2) is 36.6 Å². The van der Waals surface area contributed by atoms with Crippen LogP contribution in [0.1, 0.15) is 25.0 Å². The monoisotopic (exact) mass is 451 g/mol.